The fraction of sp³-hybridized carbons (Fsp3) is 0.500. The minimum absolute atomic E-state index is 0.0955. The molecule has 0 saturated carbocycles. The Morgan fingerprint density at radius 1 is 1.05 bits per heavy atom. The highest BCUT2D eigenvalue weighted by Crippen LogP contribution is 2.76. The van der Waals surface area contributed by atoms with E-state index in [1.165, 1.54) is 17.8 Å². The Morgan fingerprint density at radius 3 is 2.29 bits per heavy atom. The van der Waals surface area contributed by atoms with E-state index in [1.807, 2.05) is 0 Å². The lowest BCUT2D eigenvalue weighted by Crippen LogP contribution is -2.40. The van der Waals surface area contributed by atoms with Crippen molar-refractivity contribution in [3.63, 3.8) is 0 Å². The number of hydrogen-bond donors (Lipinski definition) is 3. The number of esters is 2. The second kappa shape index (κ2) is 11.0. The van der Waals surface area contributed by atoms with Gasteiger partial charge in [0.05, 0.1) is 12.9 Å². The maximum atomic E-state index is 11.9. The molecule has 0 aromatic carbocycles. The molecule has 19 nitrogen and oxygen atoms in total. The predicted molar refractivity (Wildman–Crippen MR) is 120 cm³/mol. The third-order valence-electron chi connectivity index (χ3n) is 4.71. The van der Waals surface area contributed by atoms with Gasteiger partial charge in [-0.05, 0) is 0 Å². The van der Waals surface area contributed by atoms with Gasteiger partial charge in [-0.3, -0.25) is 19.0 Å². The van der Waals surface area contributed by atoms with Gasteiger partial charge >= 0.3 is 36.2 Å². The quantitative estimate of drug-likeness (QED) is 0.297. The van der Waals surface area contributed by atoms with Gasteiger partial charge in [-0.2, -0.15) is 4.31 Å². The average Bonchev–Trinajstić information content (AvgIpc) is 3.32. The summed E-state index contributed by atoms with van der Waals surface area (Å²) in [7, 11) is -12.8. The van der Waals surface area contributed by atoms with Crippen molar-refractivity contribution in [1.82, 2.24) is 19.5 Å². The third kappa shape index (κ3) is 6.58. The molecule has 4 heterocycles. The summed E-state index contributed by atoms with van der Waals surface area (Å²) < 4.78 is 59.7. The lowest BCUT2D eigenvalue weighted by Gasteiger charge is -2.27. The molecule has 0 radical (unpaired) electrons. The van der Waals surface area contributed by atoms with Crippen LogP contribution in [0, 0.1) is 0 Å². The topological polar surface area (TPSA) is 246 Å². The molecule has 2 aliphatic heterocycles. The van der Waals surface area contributed by atoms with E-state index < -0.39 is 73.2 Å². The fourth-order valence-electron chi connectivity index (χ4n) is 3.54. The van der Waals surface area contributed by atoms with E-state index in [-0.39, 0.29) is 17.0 Å². The average molecular weight is 599 g/mol. The zero-order valence-corrected chi connectivity index (χ0v) is 22.3. The Labute approximate surface area is 213 Å². The van der Waals surface area contributed by atoms with Gasteiger partial charge in [-0.25, -0.2) is 32.7 Å². The van der Waals surface area contributed by atoms with Crippen LogP contribution in [0.3, 0.4) is 0 Å². The van der Waals surface area contributed by atoms with Gasteiger partial charge in [-0.1, -0.05) is 0 Å². The van der Waals surface area contributed by atoms with E-state index in [0.29, 0.717) is 0 Å². The summed E-state index contributed by atoms with van der Waals surface area (Å²) in [6.45, 7) is 2.87. The molecular weight excluding hydrogens is 579 g/mol. The Balaban J connectivity index is 1.65. The summed E-state index contributed by atoms with van der Waals surface area (Å²) >= 11 is 0. The van der Waals surface area contributed by atoms with E-state index >= 15 is 0 Å². The minimum atomic E-state index is -4.97. The van der Waals surface area contributed by atoms with Crippen molar-refractivity contribution < 1.29 is 65.0 Å². The van der Waals surface area contributed by atoms with Gasteiger partial charge in [0, 0.05) is 20.8 Å². The Kier molecular flexibility index (Phi) is 8.26. The number of rotatable bonds is 7. The van der Waals surface area contributed by atoms with Crippen LogP contribution in [-0.2, 0) is 55.2 Å². The summed E-state index contributed by atoms with van der Waals surface area (Å²) in [6.07, 6.45) is -2.66. The van der Waals surface area contributed by atoms with Gasteiger partial charge in [0.25, 0.3) is 0 Å². The number of imidazole rings is 1. The van der Waals surface area contributed by atoms with E-state index in [9.17, 15) is 33.3 Å². The molecule has 2 aliphatic rings. The van der Waals surface area contributed by atoms with Crippen molar-refractivity contribution in [3.05, 3.63) is 12.7 Å². The molecule has 0 spiro atoms. The molecule has 0 bridgehead atoms. The smallest absolute Gasteiger partial charge is 0.456 e. The monoisotopic (exact) mass is 599 g/mol. The van der Waals surface area contributed by atoms with Crippen molar-refractivity contribution in [2.45, 2.75) is 45.3 Å². The lowest BCUT2D eigenvalue weighted by atomic mass is 10.1. The fourth-order valence-corrected chi connectivity index (χ4v) is 7.74. The van der Waals surface area contributed by atoms with Gasteiger partial charge in [-0.15, -0.1) is 0 Å². The van der Waals surface area contributed by atoms with Crippen LogP contribution in [0.1, 0.15) is 27.0 Å². The second-order valence-electron chi connectivity index (χ2n) is 7.64. The SMILES string of the molecule is CC(=O)Nc1ncnc2c1ncn2[C@@H]1O[C@H](COP2OP(=O)(O)OP(=O)(O)O2)[C@@H](OC(C)=O)[C@H]1OC(C)=O. The predicted octanol–water partition coefficient (Wildman–Crippen LogP) is 1.05. The van der Waals surface area contributed by atoms with E-state index in [1.54, 1.807) is 0 Å². The summed E-state index contributed by atoms with van der Waals surface area (Å²) in [6, 6.07) is 0. The highest BCUT2D eigenvalue weighted by Gasteiger charge is 2.53. The first-order valence-corrected chi connectivity index (χ1v) is 14.5. The number of aromatic nitrogens is 4. The number of hydrogen-bond acceptors (Lipinski definition) is 15. The number of carbonyl (C=O) groups is 3. The number of nitrogens with one attached hydrogen (secondary N) is 1. The van der Waals surface area contributed by atoms with Crippen molar-refractivity contribution in [2.75, 3.05) is 11.9 Å². The molecule has 6 atom stereocenters. The molecule has 4 rings (SSSR count). The number of phosphoric acid groups is 2. The minimum Gasteiger partial charge on any atom is -0.456 e. The molecule has 2 saturated heterocycles. The van der Waals surface area contributed by atoms with Gasteiger partial charge in [0.15, 0.2) is 35.4 Å². The first-order chi connectivity index (χ1) is 17.7. The van der Waals surface area contributed by atoms with Crippen molar-refractivity contribution in [3.8, 4) is 0 Å². The Bertz CT molecular complexity index is 1330. The second-order valence-corrected chi connectivity index (χ2v) is 12.2. The molecule has 3 N–H and O–H groups in total. The Morgan fingerprint density at radius 2 is 1.68 bits per heavy atom. The molecule has 2 aromatic rings. The van der Waals surface area contributed by atoms with Gasteiger partial charge < -0.3 is 33.8 Å². The molecule has 0 aliphatic carbocycles. The summed E-state index contributed by atoms with van der Waals surface area (Å²) in [5.41, 5.74) is 0.318. The normalized spacial score (nSPS) is 33.1. The lowest BCUT2D eigenvalue weighted by molar-refractivity contribution is -0.165. The van der Waals surface area contributed by atoms with E-state index in [0.717, 1.165) is 20.2 Å². The number of ether oxygens (including phenoxy) is 3. The maximum absolute atomic E-state index is 11.9. The number of amides is 1. The van der Waals surface area contributed by atoms with Crippen LogP contribution >= 0.6 is 24.2 Å². The molecular formula is C16H20N5O14P3. The van der Waals surface area contributed by atoms with Gasteiger partial charge in [0.2, 0.25) is 5.91 Å². The van der Waals surface area contributed by atoms with Crippen LogP contribution in [0.15, 0.2) is 12.7 Å². The highest BCUT2D eigenvalue weighted by atomic mass is 31.3. The van der Waals surface area contributed by atoms with Crippen LogP contribution in [0.25, 0.3) is 11.2 Å². The van der Waals surface area contributed by atoms with Crippen LogP contribution in [0.2, 0.25) is 0 Å². The first-order valence-electron chi connectivity index (χ1n) is 10.4. The zero-order valence-electron chi connectivity index (χ0n) is 19.6. The molecule has 38 heavy (non-hydrogen) atoms. The molecule has 2 unspecified atom stereocenters. The molecule has 208 valence electrons. The van der Waals surface area contributed by atoms with Crippen LogP contribution < -0.4 is 5.32 Å². The molecule has 22 heteroatoms. The van der Waals surface area contributed by atoms with E-state index in [4.69, 9.17) is 18.7 Å². The highest BCUT2D eigenvalue weighted by molar-refractivity contribution is 7.72. The first kappa shape index (κ1) is 28.6. The number of anilines is 1. The third-order valence-corrected chi connectivity index (χ3v) is 9.44. The number of fused-ring (bicyclic) bond motifs is 1. The zero-order chi connectivity index (χ0) is 27.8. The molecule has 2 aromatic heterocycles. The van der Waals surface area contributed by atoms with E-state index in [2.05, 4.69) is 33.2 Å². The van der Waals surface area contributed by atoms with Crippen LogP contribution in [-0.4, -0.2) is 72.1 Å². The maximum Gasteiger partial charge on any atom is 0.488 e. The van der Waals surface area contributed by atoms with Crippen molar-refractivity contribution >= 4 is 59.1 Å². The number of nitrogens with zero attached hydrogens (tertiary/aromatic N) is 4. The largest absolute Gasteiger partial charge is 0.488 e. The molecule has 2 fully saturated rings. The van der Waals surface area contributed by atoms with Crippen LogP contribution in [0.5, 0.6) is 0 Å². The Hall–Kier alpha value is -2.43. The van der Waals surface area contributed by atoms with Crippen LogP contribution in [0.4, 0.5) is 5.82 Å². The van der Waals surface area contributed by atoms with Crippen molar-refractivity contribution in [2.24, 2.45) is 0 Å². The standard InChI is InChI=1S/C16H20N5O14P3/c1-7(22)20-14-11-15(18-5-17-14)21(6-19-11)16-13(31-9(3)24)12(30-8(2)23)10(32-16)4-29-36-33-37(25,26)35-38(27,28)34-36/h5-6,10,12-13,16H,4H2,1-3H3,(H,25,26)(H,27,28)(H,17,18,20,22)/t10-,12-,13-,16-/m1/s1. The van der Waals surface area contributed by atoms with Gasteiger partial charge in [0.1, 0.15) is 12.4 Å². The summed E-state index contributed by atoms with van der Waals surface area (Å²) in [5.74, 6) is -1.86. The summed E-state index contributed by atoms with van der Waals surface area (Å²) in [5, 5.41) is 2.50. The van der Waals surface area contributed by atoms with Crippen molar-refractivity contribution in [1.29, 1.82) is 0 Å². The summed E-state index contributed by atoms with van der Waals surface area (Å²) in [4.78, 5) is 66.5. The molecule has 1 amide bonds. The number of carbonyl (C=O) groups excluding carboxylic acids is 3.